The summed E-state index contributed by atoms with van der Waals surface area (Å²) in [6, 6.07) is 45.2. The predicted octanol–water partition coefficient (Wildman–Crippen LogP) is 10.9. The van der Waals surface area contributed by atoms with Gasteiger partial charge in [0.25, 0.3) is 0 Å². The number of fused-ring (bicyclic) bond motifs is 7. The van der Waals surface area contributed by atoms with Crippen molar-refractivity contribution in [3.05, 3.63) is 146 Å². The van der Waals surface area contributed by atoms with Gasteiger partial charge in [-0.25, -0.2) is 15.0 Å². The van der Waals surface area contributed by atoms with Crippen molar-refractivity contribution in [3.8, 4) is 45.3 Å². The van der Waals surface area contributed by atoms with Crippen LogP contribution in [0.15, 0.2) is 155 Å². The zero-order valence-corrected chi connectivity index (χ0v) is 25.5. The Bertz CT molecular complexity index is 2850. The van der Waals surface area contributed by atoms with E-state index in [1.165, 1.54) is 0 Å². The summed E-state index contributed by atoms with van der Waals surface area (Å²) < 4.78 is 12.4. The summed E-state index contributed by atoms with van der Waals surface area (Å²) in [5.41, 5.74) is 8.26. The first kappa shape index (κ1) is 26.5. The number of pyridine rings is 1. The number of benzene rings is 6. The molecule has 0 amide bonds. The number of hydrogen-bond acceptors (Lipinski definition) is 6. The molecule has 0 fully saturated rings. The highest BCUT2D eigenvalue weighted by atomic mass is 16.3. The molecule has 0 radical (unpaired) electrons. The van der Waals surface area contributed by atoms with Crippen molar-refractivity contribution >= 4 is 54.6 Å². The van der Waals surface area contributed by atoms with Crippen LogP contribution in [-0.4, -0.2) is 19.9 Å². The van der Waals surface area contributed by atoms with Gasteiger partial charge in [0.1, 0.15) is 22.3 Å². The molecule has 0 spiro atoms. The Morgan fingerprint density at radius 1 is 0.396 bits per heavy atom. The lowest BCUT2D eigenvalue weighted by atomic mass is 9.94. The molecule has 0 N–H and O–H groups in total. The monoisotopic (exact) mass is 616 g/mol. The lowest BCUT2D eigenvalue weighted by Crippen LogP contribution is -2.00. The minimum absolute atomic E-state index is 0.573. The van der Waals surface area contributed by atoms with Crippen LogP contribution in [0.4, 0.5) is 0 Å². The molecular weight excluding hydrogens is 592 g/mol. The third-order valence-electron chi connectivity index (χ3n) is 9.04. The first-order valence-electron chi connectivity index (χ1n) is 15.8. The molecule has 10 aromatic rings. The second-order valence-corrected chi connectivity index (χ2v) is 11.8. The van der Waals surface area contributed by atoms with Crippen molar-refractivity contribution in [2.75, 3.05) is 0 Å². The quantitative estimate of drug-likeness (QED) is 0.196. The zero-order chi connectivity index (χ0) is 31.6. The normalized spacial score (nSPS) is 11.8. The molecule has 224 valence electrons. The molecule has 6 aromatic carbocycles. The minimum atomic E-state index is 0.573. The van der Waals surface area contributed by atoms with Gasteiger partial charge in [-0.05, 0) is 52.2 Å². The molecule has 4 aromatic heterocycles. The van der Waals surface area contributed by atoms with Crippen molar-refractivity contribution in [3.63, 3.8) is 0 Å². The highest BCUT2D eigenvalue weighted by Crippen LogP contribution is 2.40. The number of aromatic nitrogens is 4. The molecule has 0 atom stereocenters. The van der Waals surface area contributed by atoms with Gasteiger partial charge >= 0.3 is 0 Å². The van der Waals surface area contributed by atoms with Gasteiger partial charge in [0.15, 0.2) is 17.5 Å². The van der Waals surface area contributed by atoms with E-state index in [9.17, 15) is 0 Å². The average Bonchev–Trinajstić information content (AvgIpc) is 3.73. The van der Waals surface area contributed by atoms with Gasteiger partial charge in [-0.15, -0.1) is 0 Å². The van der Waals surface area contributed by atoms with E-state index in [4.69, 9.17) is 23.8 Å². The molecule has 6 heteroatoms. The number of para-hydroxylation sites is 1. The second kappa shape index (κ2) is 10.4. The largest absolute Gasteiger partial charge is 0.456 e. The van der Waals surface area contributed by atoms with Gasteiger partial charge in [0.05, 0.1) is 0 Å². The lowest BCUT2D eigenvalue weighted by molar-refractivity contribution is 0.668. The van der Waals surface area contributed by atoms with Crippen LogP contribution in [0.5, 0.6) is 0 Å². The fraction of sp³-hybridized carbons (Fsp3) is 0. The highest BCUT2D eigenvalue weighted by Gasteiger charge is 2.19. The molecule has 0 aliphatic carbocycles. The summed E-state index contributed by atoms with van der Waals surface area (Å²) in [4.78, 5) is 19.5. The van der Waals surface area contributed by atoms with Gasteiger partial charge in [-0.1, -0.05) is 103 Å². The Morgan fingerprint density at radius 2 is 1.04 bits per heavy atom. The number of rotatable bonds is 4. The summed E-state index contributed by atoms with van der Waals surface area (Å²) >= 11 is 0. The standard InChI is InChI=1S/C42H24N4O2/c1-2-9-25(10-3-1)40-44-41(46-42(45-40)32-15-8-18-37-39(32)33-24-43-22-21-35(33)48-37)27-19-20-28-26(23-27)11-6-13-29(28)30-14-7-17-36-38(30)31-12-4-5-16-34(31)47-36/h1-24H. The Kier molecular flexibility index (Phi) is 5.77. The van der Waals surface area contributed by atoms with Crippen molar-refractivity contribution in [1.29, 1.82) is 0 Å². The fourth-order valence-electron chi connectivity index (χ4n) is 6.86. The van der Waals surface area contributed by atoms with E-state index in [0.29, 0.717) is 17.5 Å². The Hall–Kier alpha value is -6.66. The maximum absolute atomic E-state index is 6.21. The highest BCUT2D eigenvalue weighted by molar-refractivity contribution is 6.15. The Balaban J connectivity index is 1.17. The molecule has 10 rings (SSSR count). The molecule has 0 saturated carbocycles. The number of hydrogen-bond donors (Lipinski definition) is 0. The molecular formula is C42H24N4O2. The van der Waals surface area contributed by atoms with E-state index in [2.05, 4.69) is 65.6 Å². The first-order valence-corrected chi connectivity index (χ1v) is 15.8. The van der Waals surface area contributed by atoms with E-state index in [0.717, 1.165) is 82.5 Å². The van der Waals surface area contributed by atoms with E-state index < -0.39 is 0 Å². The molecule has 0 unspecified atom stereocenters. The predicted molar refractivity (Wildman–Crippen MR) is 191 cm³/mol. The topological polar surface area (TPSA) is 77.8 Å². The molecule has 0 aliphatic rings. The number of nitrogens with zero attached hydrogens (tertiary/aromatic N) is 4. The molecule has 6 nitrogen and oxygen atoms in total. The van der Waals surface area contributed by atoms with Gasteiger partial charge in [-0.3, -0.25) is 4.98 Å². The van der Waals surface area contributed by atoms with Crippen LogP contribution in [0.3, 0.4) is 0 Å². The maximum Gasteiger partial charge on any atom is 0.164 e. The van der Waals surface area contributed by atoms with Gasteiger partial charge < -0.3 is 8.83 Å². The van der Waals surface area contributed by atoms with Crippen molar-refractivity contribution < 1.29 is 8.83 Å². The van der Waals surface area contributed by atoms with Crippen LogP contribution in [-0.2, 0) is 0 Å². The van der Waals surface area contributed by atoms with Crippen molar-refractivity contribution in [1.82, 2.24) is 19.9 Å². The van der Waals surface area contributed by atoms with Crippen molar-refractivity contribution in [2.24, 2.45) is 0 Å². The van der Waals surface area contributed by atoms with Crippen LogP contribution >= 0.6 is 0 Å². The zero-order valence-electron chi connectivity index (χ0n) is 25.5. The lowest BCUT2D eigenvalue weighted by Gasteiger charge is -2.12. The van der Waals surface area contributed by atoms with Gasteiger partial charge in [-0.2, -0.15) is 0 Å². The van der Waals surface area contributed by atoms with E-state index in [1.54, 1.807) is 6.20 Å². The Morgan fingerprint density at radius 3 is 1.90 bits per heavy atom. The summed E-state index contributed by atoms with van der Waals surface area (Å²) in [5.74, 6) is 1.77. The van der Waals surface area contributed by atoms with Crippen LogP contribution in [0, 0.1) is 0 Å². The van der Waals surface area contributed by atoms with Crippen LogP contribution in [0.25, 0.3) is 99.9 Å². The fourth-order valence-corrected chi connectivity index (χ4v) is 6.86. The molecule has 0 aliphatic heterocycles. The van der Waals surface area contributed by atoms with Crippen LogP contribution < -0.4 is 0 Å². The Labute approximate surface area is 274 Å². The third-order valence-corrected chi connectivity index (χ3v) is 9.04. The second-order valence-electron chi connectivity index (χ2n) is 11.8. The van der Waals surface area contributed by atoms with Gasteiger partial charge in [0.2, 0.25) is 0 Å². The molecule has 0 bridgehead atoms. The maximum atomic E-state index is 6.21. The van der Waals surface area contributed by atoms with Gasteiger partial charge in [0, 0.05) is 50.6 Å². The van der Waals surface area contributed by atoms with Crippen LogP contribution in [0.2, 0.25) is 0 Å². The SMILES string of the molecule is c1ccc(-c2nc(-c3ccc4c(-c5cccc6oc7ccccc7c56)cccc4c3)nc(-c3cccc4oc5ccncc5c34)n2)cc1. The van der Waals surface area contributed by atoms with E-state index in [1.807, 2.05) is 79.0 Å². The molecule has 48 heavy (non-hydrogen) atoms. The molecule has 4 heterocycles. The summed E-state index contributed by atoms with van der Waals surface area (Å²) in [5, 5.41) is 6.31. The minimum Gasteiger partial charge on any atom is -0.456 e. The smallest absolute Gasteiger partial charge is 0.164 e. The van der Waals surface area contributed by atoms with E-state index in [-0.39, 0.29) is 0 Å². The van der Waals surface area contributed by atoms with Crippen LogP contribution in [0.1, 0.15) is 0 Å². The average molecular weight is 617 g/mol. The van der Waals surface area contributed by atoms with E-state index >= 15 is 0 Å². The summed E-state index contributed by atoms with van der Waals surface area (Å²) in [7, 11) is 0. The summed E-state index contributed by atoms with van der Waals surface area (Å²) in [6.45, 7) is 0. The first-order chi connectivity index (χ1) is 23.8. The summed E-state index contributed by atoms with van der Waals surface area (Å²) in [6.07, 6.45) is 3.57. The molecule has 0 saturated heterocycles. The van der Waals surface area contributed by atoms with Crippen molar-refractivity contribution in [2.45, 2.75) is 0 Å². The third kappa shape index (κ3) is 4.13. The number of furan rings is 2.